The molecule has 3 aliphatic rings. The van der Waals surface area contributed by atoms with Gasteiger partial charge in [0.1, 0.15) is 5.71 Å². The Morgan fingerprint density at radius 1 is 1.29 bits per heavy atom. The largest absolute Gasteiger partial charge is 0.339 e. The van der Waals surface area contributed by atoms with Gasteiger partial charge < -0.3 is 9.42 Å². The van der Waals surface area contributed by atoms with E-state index in [4.69, 9.17) is 4.52 Å². The van der Waals surface area contributed by atoms with Crippen LogP contribution in [0.4, 0.5) is 0 Å². The number of carbonyl (C=O) groups excluding carboxylic acids is 1. The van der Waals surface area contributed by atoms with Gasteiger partial charge in [-0.2, -0.15) is 4.98 Å². The van der Waals surface area contributed by atoms with E-state index in [0.29, 0.717) is 24.3 Å². The number of hydrogen-bond donors (Lipinski definition) is 0. The van der Waals surface area contributed by atoms with Gasteiger partial charge in [-0.1, -0.05) is 22.9 Å². The summed E-state index contributed by atoms with van der Waals surface area (Å²) in [4.78, 5) is 24.2. The van der Waals surface area contributed by atoms with Gasteiger partial charge in [0.15, 0.2) is 0 Å². The molecule has 148 valence electrons. The Morgan fingerprint density at radius 3 is 2.93 bits per heavy atom. The Hall–Kier alpha value is -2.50. The van der Waals surface area contributed by atoms with E-state index in [2.05, 4.69) is 32.2 Å². The number of aliphatic imine (C=N–C) groups is 1. The fourth-order valence-electron chi connectivity index (χ4n) is 4.47. The van der Waals surface area contributed by atoms with Crippen molar-refractivity contribution in [2.75, 3.05) is 13.6 Å². The minimum Gasteiger partial charge on any atom is -0.339 e. The molecule has 0 aromatic carbocycles. The first-order valence-corrected chi connectivity index (χ1v) is 10.2. The third-order valence-electron chi connectivity index (χ3n) is 5.93. The fourth-order valence-corrected chi connectivity index (χ4v) is 4.47. The average molecular weight is 380 g/mol. The first kappa shape index (κ1) is 18.8. The zero-order chi connectivity index (χ0) is 19.7. The van der Waals surface area contributed by atoms with E-state index in [1.807, 2.05) is 19.9 Å². The second-order valence-corrected chi connectivity index (χ2v) is 8.16. The maximum atomic E-state index is 13.2. The summed E-state index contributed by atoms with van der Waals surface area (Å²) in [5.41, 5.74) is 4.11. The highest BCUT2D eigenvalue weighted by Crippen LogP contribution is 2.37. The highest BCUT2D eigenvalue weighted by molar-refractivity contribution is 6.06. The van der Waals surface area contributed by atoms with E-state index >= 15 is 0 Å². The van der Waals surface area contributed by atoms with Crippen LogP contribution in [0.25, 0.3) is 0 Å². The number of nitrogens with zero attached hydrogens (tertiary/aromatic N) is 4. The second kappa shape index (κ2) is 7.86. The SMILES string of the molecule is CN=C(C=C(C)C)c1noc(C2CCC3CCC4=C(CCC=C4)C(=O)N3C2)n1. The van der Waals surface area contributed by atoms with Gasteiger partial charge >= 0.3 is 0 Å². The van der Waals surface area contributed by atoms with Crippen LogP contribution in [-0.4, -0.2) is 46.3 Å². The zero-order valence-electron chi connectivity index (χ0n) is 16.9. The number of fused-ring (bicyclic) bond motifs is 1. The highest BCUT2D eigenvalue weighted by atomic mass is 16.5. The van der Waals surface area contributed by atoms with Crippen molar-refractivity contribution in [2.45, 2.75) is 64.3 Å². The number of aromatic nitrogens is 2. The molecule has 2 unspecified atom stereocenters. The van der Waals surface area contributed by atoms with Gasteiger partial charge in [0.2, 0.25) is 17.6 Å². The summed E-state index contributed by atoms with van der Waals surface area (Å²) in [6.45, 7) is 4.69. The molecule has 1 saturated heterocycles. The summed E-state index contributed by atoms with van der Waals surface area (Å²) in [6, 6.07) is 0.323. The summed E-state index contributed by atoms with van der Waals surface area (Å²) in [6.07, 6.45) is 12.1. The van der Waals surface area contributed by atoms with E-state index in [1.54, 1.807) is 7.05 Å². The van der Waals surface area contributed by atoms with Gasteiger partial charge in [-0.15, -0.1) is 0 Å². The van der Waals surface area contributed by atoms with Gasteiger partial charge in [-0.3, -0.25) is 9.79 Å². The molecule has 6 heteroatoms. The Balaban J connectivity index is 1.55. The van der Waals surface area contributed by atoms with Gasteiger partial charge in [0.05, 0.1) is 5.92 Å². The van der Waals surface area contributed by atoms with Gasteiger partial charge in [0.25, 0.3) is 0 Å². The fraction of sp³-hybridized carbons (Fsp3) is 0.545. The molecule has 3 heterocycles. The smallest absolute Gasteiger partial charge is 0.250 e. The molecule has 1 fully saturated rings. The number of allylic oxidation sites excluding steroid dienone is 5. The van der Waals surface area contributed by atoms with Crippen molar-refractivity contribution in [1.82, 2.24) is 15.0 Å². The first-order chi connectivity index (χ1) is 13.6. The van der Waals surface area contributed by atoms with Crippen LogP contribution < -0.4 is 0 Å². The highest BCUT2D eigenvalue weighted by Gasteiger charge is 2.38. The zero-order valence-corrected chi connectivity index (χ0v) is 16.9. The molecule has 0 spiro atoms. The van der Waals surface area contributed by atoms with Crippen LogP contribution in [0.15, 0.2) is 44.5 Å². The van der Waals surface area contributed by atoms with Crippen molar-refractivity contribution in [3.63, 3.8) is 0 Å². The third-order valence-corrected chi connectivity index (χ3v) is 5.93. The second-order valence-electron chi connectivity index (χ2n) is 8.16. The molecule has 4 rings (SSSR count). The Bertz CT molecular complexity index is 886. The predicted octanol–water partition coefficient (Wildman–Crippen LogP) is 3.97. The Kier molecular flexibility index (Phi) is 5.29. The molecule has 1 amide bonds. The lowest BCUT2D eigenvalue weighted by Gasteiger charge is -2.38. The van der Waals surface area contributed by atoms with Crippen LogP contribution in [0.2, 0.25) is 0 Å². The number of amides is 1. The van der Waals surface area contributed by atoms with Gasteiger partial charge in [-0.25, -0.2) is 0 Å². The molecule has 1 aromatic rings. The topological polar surface area (TPSA) is 71.6 Å². The lowest BCUT2D eigenvalue weighted by molar-refractivity contribution is -0.131. The number of carbonyl (C=O) groups is 1. The van der Waals surface area contributed by atoms with E-state index < -0.39 is 0 Å². The van der Waals surface area contributed by atoms with Gasteiger partial charge in [-0.05, 0) is 64.0 Å². The normalized spacial score (nSPS) is 25.3. The minimum absolute atomic E-state index is 0.0903. The maximum Gasteiger partial charge on any atom is 0.250 e. The van der Waals surface area contributed by atoms with Crippen LogP contribution in [0, 0.1) is 0 Å². The molecule has 0 N–H and O–H groups in total. The molecule has 28 heavy (non-hydrogen) atoms. The molecule has 0 saturated carbocycles. The average Bonchev–Trinajstić information content (AvgIpc) is 3.15. The summed E-state index contributed by atoms with van der Waals surface area (Å²) in [7, 11) is 1.73. The predicted molar refractivity (Wildman–Crippen MR) is 108 cm³/mol. The molecule has 0 radical (unpaired) electrons. The van der Waals surface area contributed by atoms with Crippen LogP contribution in [0.1, 0.15) is 70.0 Å². The van der Waals surface area contributed by atoms with E-state index in [-0.39, 0.29) is 11.8 Å². The van der Waals surface area contributed by atoms with Crippen LogP contribution >= 0.6 is 0 Å². The quantitative estimate of drug-likeness (QED) is 0.744. The molecular formula is C22H28N4O2. The summed E-state index contributed by atoms with van der Waals surface area (Å²) in [5.74, 6) is 1.44. The van der Waals surface area contributed by atoms with E-state index in [9.17, 15) is 4.79 Å². The Labute approximate surface area is 166 Å². The lowest BCUT2D eigenvalue weighted by Crippen LogP contribution is -2.46. The van der Waals surface area contributed by atoms with Crippen LogP contribution in [-0.2, 0) is 4.79 Å². The number of hydrogen-bond acceptors (Lipinski definition) is 5. The minimum atomic E-state index is 0.0903. The van der Waals surface area contributed by atoms with E-state index in [1.165, 1.54) is 5.57 Å². The van der Waals surface area contributed by atoms with Crippen molar-refractivity contribution >= 4 is 11.6 Å². The van der Waals surface area contributed by atoms with Crippen molar-refractivity contribution in [1.29, 1.82) is 0 Å². The van der Waals surface area contributed by atoms with Crippen molar-refractivity contribution in [3.05, 3.63) is 46.7 Å². The maximum absolute atomic E-state index is 13.2. The van der Waals surface area contributed by atoms with Gasteiger partial charge in [0, 0.05) is 25.2 Å². The molecule has 1 aliphatic carbocycles. The number of rotatable bonds is 3. The van der Waals surface area contributed by atoms with E-state index in [0.717, 1.165) is 55.4 Å². The standard InChI is InChI=1S/C22H28N4O2/c1-14(2)12-19(23-3)20-24-21(28-25-20)16-9-11-17-10-8-15-6-4-5-7-18(15)22(27)26(17)13-16/h4,6,12,16-17H,5,7-11,13H2,1-3H3. The van der Waals surface area contributed by atoms with Crippen molar-refractivity contribution in [3.8, 4) is 0 Å². The molecule has 0 bridgehead atoms. The van der Waals surface area contributed by atoms with Crippen molar-refractivity contribution < 1.29 is 9.32 Å². The molecular weight excluding hydrogens is 352 g/mol. The monoisotopic (exact) mass is 380 g/mol. The molecule has 2 aliphatic heterocycles. The summed E-state index contributed by atoms with van der Waals surface area (Å²) >= 11 is 0. The van der Waals surface area contributed by atoms with Crippen LogP contribution in [0.3, 0.4) is 0 Å². The van der Waals surface area contributed by atoms with Crippen LogP contribution in [0.5, 0.6) is 0 Å². The molecule has 2 atom stereocenters. The number of piperidine rings is 1. The molecule has 1 aromatic heterocycles. The lowest BCUT2D eigenvalue weighted by atomic mass is 9.90. The third kappa shape index (κ3) is 3.60. The summed E-state index contributed by atoms with van der Waals surface area (Å²) < 4.78 is 5.59. The first-order valence-electron chi connectivity index (χ1n) is 10.2. The summed E-state index contributed by atoms with van der Waals surface area (Å²) in [5, 5.41) is 4.14. The Morgan fingerprint density at radius 2 is 2.14 bits per heavy atom. The molecule has 6 nitrogen and oxygen atoms in total. The van der Waals surface area contributed by atoms with Crippen molar-refractivity contribution in [2.24, 2.45) is 4.99 Å².